The van der Waals surface area contributed by atoms with Crippen molar-refractivity contribution in [1.29, 1.82) is 0 Å². The Bertz CT molecular complexity index is 421. The van der Waals surface area contributed by atoms with Crippen LogP contribution in [0.3, 0.4) is 0 Å². The maximum Gasteiger partial charge on any atom is 0.253 e. The highest BCUT2D eigenvalue weighted by molar-refractivity contribution is 6.73. The van der Waals surface area contributed by atoms with Crippen molar-refractivity contribution in [2.45, 2.75) is 25.9 Å². The monoisotopic (exact) mass is 288 g/mol. The van der Waals surface area contributed by atoms with Gasteiger partial charge < -0.3 is 5.32 Å². The molecule has 5 heteroatoms. The normalized spacial score (nSPS) is 10.7. The van der Waals surface area contributed by atoms with Gasteiger partial charge in [0.1, 0.15) is 0 Å². The molecular formula is C12H16Cl2NOSi. The molecule has 0 bridgehead atoms. The first-order valence-corrected chi connectivity index (χ1v) is 8.90. The number of carbonyl (C=O) groups is 1. The standard InChI is InChI=1S/C12H16Cl2NOSi/c1-4-15-12(16)10-8(7-13)5-6-9(11(10)14)17(2)3/h5-6H,4,7H2,1-3H3,(H,15,16). The van der Waals surface area contributed by atoms with Gasteiger partial charge in [-0.05, 0) is 17.7 Å². The summed E-state index contributed by atoms with van der Waals surface area (Å²) in [5, 5.41) is 4.41. The summed E-state index contributed by atoms with van der Waals surface area (Å²) in [6.07, 6.45) is 0. The van der Waals surface area contributed by atoms with Crippen LogP contribution in [-0.2, 0) is 5.88 Å². The SMILES string of the molecule is CCNC(=O)c1c(CCl)ccc([Si](C)C)c1Cl. The van der Waals surface area contributed by atoms with Crippen molar-refractivity contribution in [2.75, 3.05) is 6.54 Å². The predicted octanol–water partition coefficient (Wildman–Crippen LogP) is 2.79. The third kappa shape index (κ3) is 3.24. The summed E-state index contributed by atoms with van der Waals surface area (Å²) in [5.41, 5.74) is 1.32. The van der Waals surface area contributed by atoms with E-state index in [0.29, 0.717) is 23.0 Å². The summed E-state index contributed by atoms with van der Waals surface area (Å²) in [4.78, 5) is 12.0. The molecule has 1 amide bonds. The van der Waals surface area contributed by atoms with E-state index in [4.69, 9.17) is 23.2 Å². The largest absolute Gasteiger partial charge is 0.352 e. The Balaban J connectivity index is 3.32. The number of hydrogen-bond acceptors (Lipinski definition) is 1. The van der Waals surface area contributed by atoms with Crippen LogP contribution < -0.4 is 10.5 Å². The minimum atomic E-state index is -0.692. The van der Waals surface area contributed by atoms with E-state index >= 15 is 0 Å². The molecule has 0 fully saturated rings. The second kappa shape index (κ2) is 6.43. The molecule has 0 unspecified atom stereocenters. The highest BCUT2D eigenvalue weighted by Crippen LogP contribution is 2.21. The van der Waals surface area contributed by atoms with E-state index in [2.05, 4.69) is 18.4 Å². The van der Waals surface area contributed by atoms with Gasteiger partial charge in [0.15, 0.2) is 0 Å². The van der Waals surface area contributed by atoms with E-state index in [9.17, 15) is 4.79 Å². The molecule has 1 aromatic carbocycles. The summed E-state index contributed by atoms with van der Waals surface area (Å²) in [6, 6.07) is 3.88. The number of nitrogens with one attached hydrogen (secondary N) is 1. The Hall–Kier alpha value is -0.513. The summed E-state index contributed by atoms with van der Waals surface area (Å²) in [5.74, 6) is 0.153. The van der Waals surface area contributed by atoms with Crippen LogP contribution in [0.25, 0.3) is 0 Å². The third-order valence-electron chi connectivity index (χ3n) is 2.48. The van der Waals surface area contributed by atoms with Crippen LogP contribution in [0.5, 0.6) is 0 Å². The second-order valence-electron chi connectivity index (χ2n) is 3.95. The number of hydrogen-bond donors (Lipinski definition) is 1. The fraction of sp³-hybridized carbons (Fsp3) is 0.417. The molecule has 93 valence electrons. The van der Waals surface area contributed by atoms with Gasteiger partial charge in [0.2, 0.25) is 0 Å². The first-order valence-electron chi connectivity index (χ1n) is 5.49. The van der Waals surface area contributed by atoms with Crippen LogP contribution in [0.1, 0.15) is 22.8 Å². The molecule has 0 saturated heterocycles. The van der Waals surface area contributed by atoms with Gasteiger partial charge in [-0.3, -0.25) is 4.79 Å². The molecule has 0 spiro atoms. The van der Waals surface area contributed by atoms with E-state index in [1.165, 1.54) is 0 Å². The molecule has 0 aliphatic heterocycles. The van der Waals surface area contributed by atoms with Gasteiger partial charge in [-0.15, -0.1) is 11.6 Å². The quantitative estimate of drug-likeness (QED) is 0.670. The van der Waals surface area contributed by atoms with Gasteiger partial charge >= 0.3 is 0 Å². The van der Waals surface area contributed by atoms with Crippen molar-refractivity contribution in [3.05, 3.63) is 28.3 Å². The zero-order valence-electron chi connectivity index (χ0n) is 10.2. The Morgan fingerprint density at radius 1 is 1.41 bits per heavy atom. The zero-order chi connectivity index (χ0) is 13.0. The van der Waals surface area contributed by atoms with Gasteiger partial charge in [-0.2, -0.15) is 0 Å². The molecule has 1 aromatic rings. The molecule has 0 aliphatic carbocycles. The van der Waals surface area contributed by atoms with Gasteiger partial charge in [-0.1, -0.05) is 36.8 Å². The minimum Gasteiger partial charge on any atom is -0.352 e. The minimum absolute atomic E-state index is 0.141. The maximum absolute atomic E-state index is 12.0. The van der Waals surface area contributed by atoms with Crippen molar-refractivity contribution >= 4 is 43.1 Å². The lowest BCUT2D eigenvalue weighted by atomic mass is 10.1. The van der Waals surface area contributed by atoms with Crippen LogP contribution in [0.2, 0.25) is 18.1 Å². The summed E-state index contributed by atoms with van der Waals surface area (Å²) in [7, 11) is -0.692. The van der Waals surface area contributed by atoms with E-state index in [-0.39, 0.29) is 5.91 Å². The molecule has 0 heterocycles. The molecule has 1 N–H and O–H groups in total. The molecule has 0 saturated carbocycles. The molecule has 0 aliphatic rings. The Morgan fingerprint density at radius 3 is 2.53 bits per heavy atom. The topological polar surface area (TPSA) is 29.1 Å². The van der Waals surface area contributed by atoms with Crippen LogP contribution in [-0.4, -0.2) is 21.2 Å². The van der Waals surface area contributed by atoms with Crippen LogP contribution >= 0.6 is 23.2 Å². The van der Waals surface area contributed by atoms with Crippen LogP contribution in [0.4, 0.5) is 0 Å². The third-order valence-corrected chi connectivity index (χ3v) is 4.81. The lowest BCUT2D eigenvalue weighted by molar-refractivity contribution is 0.0955. The smallest absolute Gasteiger partial charge is 0.253 e. The highest BCUT2D eigenvalue weighted by Gasteiger charge is 2.19. The van der Waals surface area contributed by atoms with E-state index in [1.807, 2.05) is 19.1 Å². The molecule has 1 rings (SSSR count). The molecule has 0 atom stereocenters. The highest BCUT2D eigenvalue weighted by atomic mass is 35.5. The summed E-state index contributed by atoms with van der Waals surface area (Å²) in [6.45, 7) is 6.75. The molecule has 1 radical (unpaired) electrons. The fourth-order valence-electron chi connectivity index (χ4n) is 1.61. The summed E-state index contributed by atoms with van der Waals surface area (Å²) >= 11 is 12.2. The predicted molar refractivity (Wildman–Crippen MR) is 76.1 cm³/mol. The number of halogens is 2. The van der Waals surface area contributed by atoms with Gasteiger partial charge in [-0.25, -0.2) is 0 Å². The lowest BCUT2D eigenvalue weighted by Crippen LogP contribution is -2.30. The Labute approximate surface area is 114 Å². The van der Waals surface area contributed by atoms with Crippen molar-refractivity contribution in [2.24, 2.45) is 0 Å². The molecular weight excluding hydrogens is 273 g/mol. The van der Waals surface area contributed by atoms with Crippen molar-refractivity contribution < 1.29 is 4.79 Å². The van der Waals surface area contributed by atoms with E-state index < -0.39 is 8.80 Å². The average molecular weight is 289 g/mol. The number of alkyl halides is 1. The fourth-order valence-corrected chi connectivity index (χ4v) is 3.65. The van der Waals surface area contributed by atoms with Crippen molar-refractivity contribution in [3.63, 3.8) is 0 Å². The lowest BCUT2D eigenvalue weighted by Gasteiger charge is -2.14. The Kier molecular flexibility index (Phi) is 5.50. The van der Waals surface area contributed by atoms with E-state index in [1.54, 1.807) is 0 Å². The maximum atomic E-state index is 12.0. The molecule has 0 aromatic heterocycles. The van der Waals surface area contributed by atoms with Crippen molar-refractivity contribution in [3.8, 4) is 0 Å². The Morgan fingerprint density at radius 2 is 2.06 bits per heavy atom. The van der Waals surface area contributed by atoms with Gasteiger partial charge in [0.25, 0.3) is 5.91 Å². The molecule has 17 heavy (non-hydrogen) atoms. The van der Waals surface area contributed by atoms with Crippen molar-refractivity contribution in [1.82, 2.24) is 5.32 Å². The van der Waals surface area contributed by atoms with Gasteiger partial charge in [0, 0.05) is 12.4 Å². The number of amides is 1. The number of carbonyl (C=O) groups excluding carboxylic acids is 1. The summed E-state index contributed by atoms with van der Waals surface area (Å²) < 4.78 is 0. The number of benzene rings is 1. The molecule has 2 nitrogen and oxygen atoms in total. The van der Waals surface area contributed by atoms with Crippen LogP contribution in [0, 0.1) is 0 Å². The average Bonchev–Trinajstić information content (AvgIpc) is 2.27. The van der Waals surface area contributed by atoms with Crippen LogP contribution in [0.15, 0.2) is 12.1 Å². The first-order chi connectivity index (χ1) is 8.02. The first kappa shape index (κ1) is 14.5. The van der Waals surface area contributed by atoms with Gasteiger partial charge in [0.05, 0.1) is 19.4 Å². The zero-order valence-corrected chi connectivity index (χ0v) is 12.7. The second-order valence-corrected chi connectivity index (χ2v) is 7.14. The van der Waals surface area contributed by atoms with E-state index in [0.717, 1.165) is 10.8 Å². The number of rotatable bonds is 4.